The molecule has 0 spiro atoms. The van der Waals surface area contributed by atoms with Gasteiger partial charge in [-0.3, -0.25) is 20.4 Å². The number of hydrazine groups is 1. The van der Waals surface area contributed by atoms with Crippen LogP contribution in [0.1, 0.15) is 20.7 Å². The second-order valence-electron chi connectivity index (χ2n) is 4.04. The Bertz CT molecular complexity index is 690. The Morgan fingerprint density at radius 1 is 0.905 bits per heavy atom. The van der Waals surface area contributed by atoms with Crippen molar-refractivity contribution in [1.82, 2.24) is 10.9 Å². The molecule has 0 aliphatic rings. The highest BCUT2D eigenvalue weighted by Crippen LogP contribution is 2.14. The maximum absolute atomic E-state index is 13.5. The lowest BCUT2D eigenvalue weighted by Gasteiger charge is -2.08. The van der Waals surface area contributed by atoms with Crippen LogP contribution in [0.3, 0.4) is 0 Å². The van der Waals surface area contributed by atoms with Crippen molar-refractivity contribution in [1.29, 1.82) is 0 Å². The number of hydrogen-bond donors (Lipinski definition) is 2. The van der Waals surface area contributed by atoms with Crippen LogP contribution in [0.15, 0.2) is 42.5 Å². The molecule has 2 rings (SSSR count). The third-order valence-electron chi connectivity index (χ3n) is 2.57. The Labute approximate surface area is 123 Å². The molecule has 7 heteroatoms. The van der Waals surface area contributed by atoms with E-state index in [-0.39, 0.29) is 16.1 Å². The van der Waals surface area contributed by atoms with Gasteiger partial charge in [0, 0.05) is 10.6 Å². The summed E-state index contributed by atoms with van der Waals surface area (Å²) >= 11 is 5.57. The Morgan fingerprint density at radius 3 is 2.14 bits per heavy atom. The van der Waals surface area contributed by atoms with Gasteiger partial charge in [-0.25, -0.2) is 8.78 Å². The topological polar surface area (TPSA) is 58.2 Å². The molecule has 108 valence electrons. The quantitative estimate of drug-likeness (QED) is 0.838. The SMILES string of the molecule is O=C(NNC(=O)c1ccc(Cl)cc1F)c1ccc(F)cc1. The lowest BCUT2D eigenvalue weighted by atomic mass is 10.2. The van der Waals surface area contributed by atoms with E-state index in [4.69, 9.17) is 11.6 Å². The van der Waals surface area contributed by atoms with E-state index in [0.29, 0.717) is 0 Å². The molecule has 0 aromatic heterocycles. The van der Waals surface area contributed by atoms with Crippen molar-refractivity contribution in [2.75, 3.05) is 0 Å². The Morgan fingerprint density at radius 2 is 1.52 bits per heavy atom. The molecule has 0 bridgehead atoms. The van der Waals surface area contributed by atoms with Gasteiger partial charge >= 0.3 is 0 Å². The first kappa shape index (κ1) is 14.9. The molecule has 0 saturated carbocycles. The molecular formula is C14H9ClF2N2O2. The lowest BCUT2D eigenvalue weighted by Crippen LogP contribution is -2.41. The Kier molecular flexibility index (Phi) is 4.49. The first-order valence-corrected chi connectivity index (χ1v) is 6.16. The number of carbonyl (C=O) groups excluding carboxylic acids is 2. The van der Waals surface area contributed by atoms with Gasteiger partial charge in [-0.2, -0.15) is 0 Å². The summed E-state index contributed by atoms with van der Waals surface area (Å²) in [4.78, 5) is 23.4. The summed E-state index contributed by atoms with van der Waals surface area (Å²) in [6.45, 7) is 0. The number of amides is 2. The highest BCUT2D eigenvalue weighted by Gasteiger charge is 2.13. The zero-order chi connectivity index (χ0) is 15.4. The van der Waals surface area contributed by atoms with E-state index in [2.05, 4.69) is 10.9 Å². The van der Waals surface area contributed by atoms with Crippen LogP contribution in [0.2, 0.25) is 5.02 Å². The van der Waals surface area contributed by atoms with E-state index in [1.165, 1.54) is 24.3 Å². The minimum Gasteiger partial charge on any atom is -0.267 e. The number of rotatable bonds is 2. The van der Waals surface area contributed by atoms with Gasteiger partial charge in [-0.15, -0.1) is 0 Å². The molecule has 0 atom stereocenters. The fraction of sp³-hybridized carbons (Fsp3) is 0. The molecule has 2 N–H and O–H groups in total. The monoisotopic (exact) mass is 310 g/mol. The Hall–Kier alpha value is -2.47. The van der Waals surface area contributed by atoms with Crippen LogP contribution in [0, 0.1) is 11.6 Å². The van der Waals surface area contributed by atoms with Crippen molar-refractivity contribution in [3.05, 3.63) is 70.2 Å². The maximum atomic E-state index is 13.5. The van der Waals surface area contributed by atoms with Crippen LogP contribution >= 0.6 is 11.6 Å². The van der Waals surface area contributed by atoms with Crippen LogP contribution in [0.5, 0.6) is 0 Å². The molecule has 2 aromatic rings. The molecule has 2 aromatic carbocycles. The second kappa shape index (κ2) is 6.32. The molecule has 0 aliphatic carbocycles. The van der Waals surface area contributed by atoms with Crippen molar-refractivity contribution in [2.45, 2.75) is 0 Å². The van der Waals surface area contributed by atoms with Crippen LogP contribution in [0.4, 0.5) is 8.78 Å². The number of carbonyl (C=O) groups is 2. The smallest absolute Gasteiger partial charge is 0.267 e. The maximum Gasteiger partial charge on any atom is 0.272 e. The van der Waals surface area contributed by atoms with Gasteiger partial charge in [0.05, 0.1) is 5.56 Å². The number of hydrogen-bond acceptors (Lipinski definition) is 2. The molecule has 0 saturated heterocycles. The Balaban J connectivity index is 2.00. The summed E-state index contributed by atoms with van der Waals surface area (Å²) < 4.78 is 26.2. The minimum absolute atomic E-state index is 0.147. The highest BCUT2D eigenvalue weighted by molar-refractivity contribution is 6.30. The molecule has 21 heavy (non-hydrogen) atoms. The summed E-state index contributed by atoms with van der Waals surface area (Å²) in [5.41, 5.74) is 4.04. The summed E-state index contributed by atoms with van der Waals surface area (Å²) in [7, 11) is 0. The van der Waals surface area contributed by atoms with E-state index in [9.17, 15) is 18.4 Å². The number of nitrogens with one attached hydrogen (secondary N) is 2. The van der Waals surface area contributed by atoms with Crippen molar-refractivity contribution in [2.24, 2.45) is 0 Å². The fourth-order valence-corrected chi connectivity index (χ4v) is 1.69. The first-order chi connectivity index (χ1) is 9.97. The van der Waals surface area contributed by atoms with Crippen LogP contribution < -0.4 is 10.9 Å². The zero-order valence-corrected chi connectivity index (χ0v) is 11.2. The summed E-state index contributed by atoms with van der Waals surface area (Å²) in [6, 6.07) is 8.24. The highest BCUT2D eigenvalue weighted by atomic mass is 35.5. The molecule has 0 radical (unpaired) electrons. The van der Waals surface area contributed by atoms with Crippen molar-refractivity contribution < 1.29 is 18.4 Å². The standard InChI is InChI=1S/C14H9ClF2N2O2/c15-9-3-6-11(12(17)7-9)14(21)19-18-13(20)8-1-4-10(16)5-2-8/h1-7H,(H,18,20)(H,19,21). The van der Waals surface area contributed by atoms with Gasteiger partial charge in [-0.05, 0) is 42.5 Å². The molecule has 0 heterocycles. The first-order valence-electron chi connectivity index (χ1n) is 5.78. The average Bonchev–Trinajstić information content (AvgIpc) is 2.45. The van der Waals surface area contributed by atoms with Gasteiger partial charge in [0.25, 0.3) is 11.8 Å². The molecule has 2 amide bonds. The van der Waals surface area contributed by atoms with Gasteiger partial charge < -0.3 is 0 Å². The third kappa shape index (κ3) is 3.76. The predicted octanol–water partition coefficient (Wildman–Crippen LogP) is 2.69. The summed E-state index contributed by atoms with van der Waals surface area (Å²) in [5.74, 6) is -2.78. The average molecular weight is 311 g/mol. The van der Waals surface area contributed by atoms with E-state index in [1.807, 2.05) is 0 Å². The van der Waals surface area contributed by atoms with E-state index < -0.39 is 23.4 Å². The molecule has 4 nitrogen and oxygen atoms in total. The second-order valence-corrected chi connectivity index (χ2v) is 4.48. The van der Waals surface area contributed by atoms with Crippen molar-refractivity contribution >= 4 is 23.4 Å². The lowest BCUT2D eigenvalue weighted by molar-refractivity contribution is 0.0844. The largest absolute Gasteiger partial charge is 0.272 e. The van der Waals surface area contributed by atoms with E-state index in [0.717, 1.165) is 18.2 Å². The minimum atomic E-state index is -0.834. The van der Waals surface area contributed by atoms with Gasteiger partial charge in [0.2, 0.25) is 0 Å². The van der Waals surface area contributed by atoms with Gasteiger partial charge in [0.1, 0.15) is 11.6 Å². The third-order valence-corrected chi connectivity index (χ3v) is 2.81. The van der Waals surface area contributed by atoms with Gasteiger partial charge in [-0.1, -0.05) is 11.6 Å². The number of halogens is 3. The molecule has 0 fully saturated rings. The fourth-order valence-electron chi connectivity index (χ4n) is 1.53. The van der Waals surface area contributed by atoms with Crippen molar-refractivity contribution in [3.63, 3.8) is 0 Å². The zero-order valence-electron chi connectivity index (χ0n) is 10.5. The number of benzene rings is 2. The predicted molar refractivity (Wildman–Crippen MR) is 72.7 cm³/mol. The molecule has 0 unspecified atom stereocenters. The normalized spacial score (nSPS) is 10.0. The van der Waals surface area contributed by atoms with Crippen LogP contribution in [-0.4, -0.2) is 11.8 Å². The molecule has 0 aliphatic heterocycles. The van der Waals surface area contributed by atoms with Crippen LogP contribution in [-0.2, 0) is 0 Å². The summed E-state index contributed by atoms with van der Waals surface area (Å²) in [6.07, 6.45) is 0. The van der Waals surface area contributed by atoms with E-state index >= 15 is 0 Å². The van der Waals surface area contributed by atoms with Crippen molar-refractivity contribution in [3.8, 4) is 0 Å². The van der Waals surface area contributed by atoms with E-state index in [1.54, 1.807) is 0 Å². The summed E-state index contributed by atoms with van der Waals surface area (Å²) in [5, 5.41) is 0.152. The molecular weight excluding hydrogens is 302 g/mol. The van der Waals surface area contributed by atoms with Crippen LogP contribution in [0.25, 0.3) is 0 Å². The van der Waals surface area contributed by atoms with Gasteiger partial charge in [0.15, 0.2) is 0 Å².